The van der Waals surface area contributed by atoms with Crippen molar-refractivity contribution in [2.75, 3.05) is 37.8 Å². The minimum Gasteiger partial charge on any atom is -0.484 e. The van der Waals surface area contributed by atoms with E-state index in [1.807, 2.05) is 24.3 Å². The van der Waals surface area contributed by atoms with Gasteiger partial charge < -0.3 is 14.4 Å². The molecule has 4 heterocycles. The Morgan fingerprint density at radius 1 is 1.27 bits per heavy atom. The third kappa shape index (κ3) is 4.61. The lowest BCUT2D eigenvalue weighted by molar-refractivity contribution is -0.129. The summed E-state index contributed by atoms with van der Waals surface area (Å²) in [6.07, 6.45) is 3.40. The number of nitrogens with one attached hydrogen (secondary N) is 2. The van der Waals surface area contributed by atoms with E-state index in [2.05, 4.69) is 15.1 Å². The number of hydrogen-bond acceptors (Lipinski definition) is 9. The number of unbranched alkanes of at least 4 members (excludes halogenated alkanes) is 1. The molecule has 0 bridgehead atoms. The summed E-state index contributed by atoms with van der Waals surface area (Å²) in [5, 5.41) is 17.5. The third-order valence-electron chi connectivity index (χ3n) is 5.53. The highest BCUT2D eigenvalue weighted by Gasteiger charge is 2.21. The molecule has 1 amide bonds. The lowest BCUT2D eigenvalue weighted by Crippen LogP contribution is -2.36. The Labute approximate surface area is 193 Å². The van der Waals surface area contributed by atoms with Gasteiger partial charge in [0, 0.05) is 36.5 Å². The van der Waals surface area contributed by atoms with Gasteiger partial charge in [-0.3, -0.25) is 15.1 Å². The lowest BCUT2D eigenvalue weighted by atomic mass is 10.1. The van der Waals surface area contributed by atoms with Crippen LogP contribution in [0.1, 0.15) is 19.3 Å². The van der Waals surface area contributed by atoms with Gasteiger partial charge in [0.2, 0.25) is 5.91 Å². The highest BCUT2D eigenvalue weighted by molar-refractivity contribution is 7.21. The van der Waals surface area contributed by atoms with Crippen molar-refractivity contribution >= 4 is 44.2 Å². The van der Waals surface area contributed by atoms with E-state index in [1.54, 1.807) is 11.7 Å². The summed E-state index contributed by atoms with van der Waals surface area (Å²) in [7, 11) is 0. The first-order chi connectivity index (χ1) is 16.2. The average molecular weight is 469 g/mol. The first-order valence-electron chi connectivity index (χ1n) is 10.9. The van der Waals surface area contributed by atoms with Gasteiger partial charge in [0.1, 0.15) is 0 Å². The molecule has 4 aromatic rings. The van der Waals surface area contributed by atoms with Crippen molar-refractivity contribution in [1.29, 1.82) is 0 Å². The van der Waals surface area contributed by atoms with Crippen molar-refractivity contribution in [3.8, 4) is 16.5 Å². The molecule has 172 valence electrons. The van der Waals surface area contributed by atoms with Crippen molar-refractivity contribution in [3.63, 3.8) is 0 Å². The zero-order valence-electron chi connectivity index (χ0n) is 17.9. The smallest absolute Gasteiger partial charge is 0.243 e. The first-order valence-corrected chi connectivity index (χ1v) is 11.7. The maximum atomic E-state index is 11.1. The van der Waals surface area contributed by atoms with Crippen LogP contribution in [0.15, 0.2) is 30.5 Å². The van der Waals surface area contributed by atoms with Crippen molar-refractivity contribution in [2.24, 2.45) is 0 Å². The van der Waals surface area contributed by atoms with Crippen molar-refractivity contribution in [2.45, 2.75) is 19.3 Å². The summed E-state index contributed by atoms with van der Waals surface area (Å²) in [5.74, 6) is 1.15. The fraction of sp³-hybridized carbons (Fsp3) is 0.364. The summed E-state index contributed by atoms with van der Waals surface area (Å²) in [6.45, 7) is 3.33. The van der Waals surface area contributed by atoms with Crippen LogP contribution in [0, 0.1) is 0 Å². The Kier molecular flexibility index (Phi) is 6.33. The van der Waals surface area contributed by atoms with Gasteiger partial charge in [-0.1, -0.05) is 23.5 Å². The number of hydroxylamine groups is 1. The standard InChI is InChI=1S/C22H24N6O4S/c29-18(27-30)6-1-2-9-32-19-12-17-20(33-19)22(28-7-10-31-11-8-28)25-21(24-17)14-4-3-5-16-15(14)13-23-26-16/h3-5,12-13,30H,1-2,6-11H2,(H,23,26)(H,27,29). The number of carbonyl (C=O) groups excluding carboxylic acids is 1. The molecule has 33 heavy (non-hydrogen) atoms. The van der Waals surface area contributed by atoms with Gasteiger partial charge in [0.25, 0.3) is 0 Å². The molecule has 0 spiro atoms. The molecule has 0 saturated carbocycles. The largest absolute Gasteiger partial charge is 0.484 e. The van der Waals surface area contributed by atoms with Crippen LogP contribution < -0.4 is 15.1 Å². The molecular weight excluding hydrogens is 444 g/mol. The van der Waals surface area contributed by atoms with Gasteiger partial charge in [-0.25, -0.2) is 15.4 Å². The molecule has 1 fully saturated rings. The Bertz CT molecular complexity index is 1270. The van der Waals surface area contributed by atoms with E-state index in [-0.39, 0.29) is 12.3 Å². The second kappa shape index (κ2) is 9.69. The molecule has 5 rings (SSSR count). The van der Waals surface area contributed by atoms with Crippen molar-refractivity contribution < 1.29 is 19.5 Å². The number of benzene rings is 1. The number of anilines is 1. The number of morpholine rings is 1. The van der Waals surface area contributed by atoms with Crippen LogP contribution in [-0.2, 0) is 9.53 Å². The van der Waals surface area contributed by atoms with Gasteiger partial charge in [0.15, 0.2) is 16.7 Å². The Morgan fingerprint density at radius 2 is 2.15 bits per heavy atom. The molecule has 11 heteroatoms. The zero-order valence-corrected chi connectivity index (χ0v) is 18.7. The SMILES string of the molecule is O=C(CCCCOc1cc2nc(-c3cccc4[nH]ncc34)nc(N3CCOCC3)c2s1)NO. The number of thiophene rings is 1. The number of rotatable bonds is 8. The van der Waals surface area contributed by atoms with E-state index in [1.165, 1.54) is 11.3 Å². The topological polar surface area (TPSA) is 125 Å². The predicted molar refractivity (Wildman–Crippen MR) is 125 cm³/mol. The van der Waals surface area contributed by atoms with Crippen LogP contribution in [0.4, 0.5) is 5.82 Å². The maximum absolute atomic E-state index is 11.1. The van der Waals surface area contributed by atoms with E-state index in [9.17, 15) is 4.79 Å². The molecule has 1 saturated heterocycles. The summed E-state index contributed by atoms with van der Waals surface area (Å²) in [4.78, 5) is 23.2. The summed E-state index contributed by atoms with van der Waals surface area (Å²) in [6, 6.07) is 7.91. The maximum Gasteiger partial charge on any atom is 0.243 e. The fourth-order valence-corrected chi connectivity index (χ4v) is 4.84. The Hall–Kier alpha value is -3.28. The molecule has 10 nitrogen and oxygen atoms in total. The minimum absolute atomic E-state index is 0.266. The molecule has 1 aliphatic rings. The molecule has 0 aliphatic carbocycles. The highest BCUT2D eigenvalue weighted by atomic mass is 32.1. The van der Waals surface area contributed by atoms with Crippen LogP contribution in [0.25, 0.3) is 32.5 Å². The molecule has 0 unspecified atom stereocenters. The van der Waals surface area contributed by atoms with Crippen LogP contribution in [0.2, 0.25) is 0 Å². The van der Waals surface area contributed by atoms with Gasteiger partial charge in [-0.2, -0.15) is 5.10 Å². The molecule has 1 aliphatic heterocycles. The summed E-state index contributed by atoms with van der Waals surface area (Å²) >= 11 is 1.53. The molecule has 1 aromatic carbocycles. The normalized spacial score (nSPS) is 14.2. The Balaban J connectivity index is 1.45. The summed E-state index contributed by atoms with van der Waals surface area (Å²) < 4.78 is 12.5. The number of fused-ring (bicyclic) bond motifs is 2. The number of aromatic nitrogens is 4. The monoisotopic (exact) mass is 468 g/mol. The van der Waals surface area contributed by atoms with E-state index >= 15 is 0 Å². The number of amides is 1. The fourth-order valence-electron chi connectivity index (χ4n) is 3.85. The van der Waals surface area contributed by atoms with Gasteiger partial charge >= 0.3 is 0 Å². The number of aromatic amines is 1. The van der Waals surface area contributed by atoms with Crippen LogP contribution >= 0.6 is 11.3 Å². The zero-order chi connectivity index (χ0) is 22.6. The van der Waals surface area contributed by atoms with E-state index in [0.29, 0.717) is 38.5 Å². The minimum atomic E-state index is -0.387. The highest BCUT2D eigenvalue weighted by Crippen LogP contribution is 2.39. The number of hydrogen-bond donors (Lipinski definition) is 3. The number of ether oxygens (including phenoxy) is 2. The second-order valence-corrected chi connectivity index (χ2v) is 8.74. The average Bonchev–Trinajstić information content (AvgIpc) is 3.50. The van der Waals surface area contributed by atoms with Gasteiger partial charge in [0.05, 0.1) is 41.8 Å². The number of nitrogens with zero attached hydrogens (tertiary/aromatic N) is 4. The van der Waals surface area contributed by atoms with Crippen molar-refractivity contribution in [3.05, 3.63) is 30.5 Å². The first kappa shape index (κ1) is 21.6. The number of carbonyl (C=O) groups is 1. The predicted octanol–water partition coefficient (Wildman–Crippen LogP) is 3.13. The summed E-state index contributed by atoms with van der Waals surface area (Å²) in [5.41, 5.74) is 4.34. The quantitative estimate of drug-likeness (QED) is 0.205. The van der Waals surface area contributed by atoms with E-state index in [0.717, 1.165) is 50.7 Å². The third-order valence-corrected chi connectivity index (χ3v) is 6.57. The number of H-pyrrole nitrogens is 1. The molecular formula is C22H24N6O4S. The van der Waals surface area contributed by atoms with Gasteiger partial charge in [-0.15, -0.1) is 0 Å². The molecule has 3 aromatic heterocycles. The van der Waals surface area contributed by atoms with Crippen LogP contribution in [-0.4, -0.2) is 64.2 Å². The molecule has 0 radical (unpaired) electrons. The van der Waals surface area contributed by atoms with Crippen molar-refractivity contribution in [1.82, 2.24) is 25.6 Å². The second-order valence-electron chi connectivity index (χ2n) is 7.73. The van der Waals surface area contributed by atoms with Crippen LogP contribution in [0.3, 0.4) is 0 Å². The van der Waals surface area contributed by atoms with E-state index in [4.69, 9.17) is 24.6 Å². The molecule has 0 atom stereocenters. The Morgan fingerprint density at radius 3 is 3.00 bits per heavy atom. The molecule has 3 N–H and O–H groups in total. The van der Waals surface area contributed by atoms with Crippen LogP contribution in [0.5, 0.6) is 5.06 Å². The van der Waals surface area contributed by atoms with Gasteiger partial charge in [-0.05, 0) is 18.9 Å². The lowest BCUT2D eigenvalue weighted by Gasteiger charge is -2.28. The van der Waals surface area contributed by atoms with E-state index < -0.39 is 0 Å².